The van der Waals surface area contributed by atoms with Crippen molar-refractivity contribution in [3.8, 4) is 5.75 Å². The highest BCUT2D eigenvalue weighted by molar-refractivity contribution is 5.94. The molecule has 0 spiro atoms. The van der Waals surface area contributed by atoms with E-state index in [0.29, 0.717) is 24.5 Å². The smallest absolute Gasteiger partial charge is 0.251 e. The van der Waals surface area contributed by atoms with E-state index < -0.39 is 0 Å². The molecule has 0 aliphatic heterocycles. The lowest BCUT2D eigenvalue weighted by molar-refractivity contribution is 0.0955. The number of aromatic nitrogens is 2. The first kappa shape index (κ1) is 14.1. The molecule has 1 N–H and O–H groups in total. The molecule has 3 aromatic rings. The second-order valence-electron chi connectivity index (χ2n) is 4.87. The molecule has 0 saturated heterocycles. The molecule has 1 aromatic carbocycles. The van der Waals surface area contributed by atoms with E-state index in [9.17, 15) is 4.79 Å². The Morgan fingerprint density at radius 1 is 1.27 bits per heavy atom. The van der Waals surface area contributed by atoms with Crippen molar-refractivity contribution in [3.05, 3.63) is 66.1 Å². The van der Waals surface area contributed by atoms with E-state index in [2.05, 4.69) is 10.3 Å². The van der Waals surface area contributed by atoms with Gasteiger partial charge < -0.3 is 14.5 Å². The third-order valence-electron chi connectivity index (χ3n) is 3.23. The molecule has 22 heavy (non-hydrogen) atoms. The van der Waals surface area contributed by atoms with Gasteiger partial charge in [-0.25, -0.2) is 4.98 Å². The van der Waals surface area contributed by atoms with Gasteiger partial charge in [0.15, 0.2) is 0 Å². The minimum Gasteiger partial charge on any atom is -0.487 e. The summed E-state index contributed by atoms with van der Waals surface area (Å²) in [6, 6.07) is 13.0. The summed E-state index contributed by atoms with van der Waals surface area (Å²) in [6.07, 6.45) is 3.88. The van der Waals surface area contributed by atoms with Crippen LogP contribution < -0.4 is 10.1 Å². The fourth-order valence-electron chi connectivity index (χ4n) is 2.20. The van der Waals surface area contributed by atoms with E-state index in [4.69, 9.17) is 4.74 Å². The Labute approximate surface area is 128 Å². The Morgan fingerprint density at radius 3 is 3.00 bits per heavy atom. The Hall–Kier alpha value is -2.82. The SMILES string of the molecule is CCNC(=O)c1cccc(OCc2cn3ccccc3n2)c1. The number of nitrogens with zero attached hydrogens (tertiary/aromatic N) is 2. The zero-order valence-electron chi connectivity index (χ0n) is 12.3. The quantitative estimate of drug-likeness (QED) is 0.787. The van der Waals surface area contributed by atoms with Crippen LogP contribution in [0.15, 0.2) is 54.9 Å². The van der Waals surface area contributed by atoms with Crippen LogP contribution in [0.5, 0.6) is 5.75 Å². The van der Waals surface area contributed by atoms with Gasteiger partial charge in [0.1, 0.15) is 18.0 Å². The molecule has 0 aliphatic rings. The van der Waals surface area contributed by atoms with Crippen LogP contribution in [0.25, 0.3) is 5.65 Å². The summed E-state index contributed by atoms with van der Waals surface area (Å²) < 4.78 is 7.68. The molecule has 5 nitrogen and oxygen atoms in total. The van der Waals surface area contributed by atoms with Gasteiger partial charge in [-0.1, -0.05) is 12.1 Å². The zero-order chi connectivity index (χ0) is 15.4. The van der Waals surface area contributed by atoms with Crippen LogP contribution in [0.3, 0.4) is 0 Å². The summed E-state index contributed by atoms with van der Waals surface area (Å²) in [5.41, 5.74) is 2.32. The second-order valence-corrected chi connectivity index (χ2v) is 4.87. The molecule has 0 fully saturated rings. The predicted molar refractivity (Wildman–Crippen MR) is 84.0 cm³/mol. The number of benzene rings is 1. The lowest BCUT2D eigenvalue weighted by atomic mass is 10.2. The van der Waals surface area contributed by atoms with Crippen LogP contribution in [0.4, 0.5) is 0 Å². The highest BCUT2D eigenvalue weighted by Crippen LogP contribution is 2.15. The number of fused-ring (bicyclic) bond motifs is 1. The van der Waals surface area contributed by atoms with E-state index in [-0.39, 0.29) is 5.91 Å². The van der Waals surface area contributed by atoms with E-state index in [1.54, 1.807) is 12.1 Å². The maximum absolute atomic E-state index is 11.8. The van der Waals surface area contributed by atoms with E-state index in [0.717, 1.165) is 11.3 Å². The molecule has 112 valence electrons. The summed E-state index contributed by atoms with van der Waals surface area (Å²) in [5.74, 6) is 0.557. The van der Waals surface area contributed by atoms with Crippen LogP contribution in [-0.2, 0) is 6.61 Å². The van der Waals surface area contributed by atoms with Gasteiger partial charge in [0, 0.05) is 24.5 Å². The topological polar surface area (TPSA) is 55.6 Å². The van der Waals surface area contributed by atoms with Gasteiger partial charge in [-0.05, 0) is 37.3 Å². The molecule has 0 bridgehead atoms. The lowest BCUT2D eigenvalue weighted by Gasteiger charge is -2.06. The average molecular weight is 295 g/mol. The maximum atomic E-state index is 11.8. The highest BCUT2D eigenvalue weighted by atomic mass is 16.5. The average Bonchev–Trinajstić information content (AvgIpc) is 2.96. The number of rotatable bonds is 5. The molecular formula is C17H17N3O2. The molecule has 0 unspecified atom stereocenters. The molecule has 1 amide bonds. The highest BCUT2D eigenvalue weighted by Gasteiger charge is 2.06. The molecule has 2 aromatic heterocycles. The Bertz CT molecular complexity index is 762. The fraction of sp³-hybridized carbons (Fsp3) is 0.176. The molecule has 2 heterocycles. The number of amides is 1. The van der Waals surface area contributed by atoms with Crippen LogP contribution in [0.2, 0.25) is 0 Å². The van der Waals surface area contributed by atoms with Crippen molar-refractivity contribution < 1.29 is 9.53 Å². The van der Waals surface area contributed by atoms with Gasteiger partial charge >= 0.3 is 0 Å². The third kappa shape index (κ3) is 3.09. The molecule has 5 heteroatoms. The van der Waals surface area contributed by atoms with Crippen molar-refractivity contribution >= 4 is 11.6 Å². The van der Waals surface area contributed by atoms with Crippen LogP contribution in [0.1, 0.15) is 23.0 Å². The molecule has 0 radical (unpaired) electrons. The molecular weight excluding hydrogens is 278 g/mol. The maximum Gasteiger partial charge on any atom is 0.251 e. The van der Waals surface area contributed by atoms with Gasteiger partial charge in [-0.2, -0.15) is 0 Å². The standard InChI is InChI=1S/C17H17N3O2/c1-2-18-17(21)13-6-5-7-15(10-13)22-12-14-11-20-9-4-3-8-16(20)19-14/h3-11H,2,12H2,1H3,(H,18,21). The van der Waals surface area contributed by atoms with Crippen molar-refractivity contribution in [2.45, 2.75) is 13.5 Å². The number of hydrogen-bond donors (Lipinski definition) is 1. The Balaban J connectivity index is 1.70. The van der Waals surface area contributed by atoms with E-state index >= 15 is 0 Å². The van der Waals surface area contributed by atoms with Crippen molar-refractivity contribution in [1.82, 2.24) is 14.7 Å². The molecule has 0 saturated carbocycles. The first-order valence-corrected chi connectivity index (χ1v) is 7.20. The van der Waals surface area contributed by atoms with E-state index in [1.807, 2.05) is 54.0 Å². The van der Waals surface area contributed by atoms with Gasteiger partial charge in [0.25, 0.3) is 5.91 Å². The number of ether oxygens (including phenoxy) is 1. The fourth-order valence-corrected chi connectivity index (χ4v) is 2.20. The Kier molecular flexibility index (Phi) is 4.05. The second kappa shape index (κ2) is 6.30. The van der Waals surface area contributed by atoms with Crippen molar-refractivity contribution in [2.75, 3.05) is 6.54 Å². The number of imidazole rings is 1. The van der Waals surface area contributed by atoms with Crippen LogP contribution in [0, 0.1) is 0 Å². The van der Waals surface area contributed by atoms with Gasteiger partial charge in [-0.15, -0.1) is 0 Å². The van der Waals surface area contributed by atoms with E-state index in [1.165, 1.54) is 0 Å². The van der Waals surface area contributed by atoms with Gasteiger partial charge in [0.2, 0.25) is 0 Å². The number of pyridine rings is 1. The summed E-state index contributed by atoms with van der Waals surface area (Å²) in [4.78, 5) is 16.3. The molecule has 0 atom stereocenters. The number of carbonyl (C=O) groups excluding carboxylic acids is 1. The summed E-state index contributed by atoms with van der Waals surface area (Å²) in [7, 11) is 0. The minimum atomic E-state index is -0.0966. The monoisotopic (exact) mass is 295 g/mol. The minimum absolute atomic E-state index is 0.0966. The van der Waals surface area contributed by atoms with Crippen molar-refractivity contribution in [3.63, 3.8) is 0 Å². The number of carbonyl (C=O) groups is 1. The summed E-state index contributed by atoms with van der Waals surface area (Å²) in [6.45, 7) is 2.85. The normalized spacial score (nSPS) is 10.6. The Morgan fingerprint density at radius 2 is 2.18 bits per heavy atom. The zero-order valence-corrected chi connectivity index (χ0v) is 12.3. The first-order chi connectivity index (χ1) is 10.8. The predicted octanol–water partition coefficient (Wildman–Crippen LogP) is 2.66. The lowest BCUT2D eigenvalue weighted by Crippen LogP contribution is -2.22. The first-order valence-electron chi connectivity index (χ1n) is 7.20. The van der Waals surface area contributed by atoms with Crippen molar-refractivity contribution in [2.24, 2.45) is 0 Å². The van der Waals surface area contributed by atoms with Crippen LogP contribution in [-0.4, -0.2) is 21.8 Å². The number of nitrogens with one attached hydrogen (secondary N) is 1. The summed E-state index contributed by atoms with van der Waals surface area (Å²) >= 11 is 0. The molecule has 0 aliphatic carbocycles. The van der Waals surface area contributed by atoms with Gasteiger partial charge in [0.05, 0.1) is 5.69 Å². The number of hydrogen-bond acceptors (Lipinski definition) is 3. The van der Waals surface area contributed by atoms with Gasteiger partial charge in [-0.3, -0.25) is 4.79 Å². The van der Waals surface area contributed by atoms with Crippen molar-refractivity contribution in [1.29, 1.82) is 0 Å². The van der Waals surface area contributed by atoms with Crippen LogP contribution >= 0.6 is 0 Å². The largest absolute Gasteiger partial charge is 0.487 e. The third-order valence-corrected chi connectivity index (χ3v) is 3.23. The molecule has 3 rings (SSSR count). The summed E-state index contributed by atoms with van der Waals surface area (Å²) in [5, 5.41) is 2.77.